The topological polar surface area (TPSA) is 127 Å². The first-order valence-corrected chi connectivity index (χ1v) is 12.0. The second kappa shape index (κ2) is 10.5. The van der Waals surface area contributed by atoms with Gasteiger partial charge in [-0.25, -0.2) is 19.3 Å². The van der Waals surface area contributed by atoms with Gasteiger partial charge in [-0.1, -0.05) is 24.1 Å². The number of carbonyl (C=O) groups excluding carboxylic acids is 2. The van der Waals surface area contributed by atoms with Gasteiger partial charge < -0.3 is 16.4 Å². The summed E-state index contributed by atoms with van der Waals surface area (Å²) >= 11 is 0. The van der Waals surface area contributed by atoms with E-state index in [0.717, 1.165) is 12.0 Å². The number of rotatable bonds is 5. The Kier molecular flexibility index (Phi) is 6.82. The summed E-state index contributed by atoms with van der Waals surface area (Å²) in [5, 5.41) is 5.50. The first-order valence-electron chi connectivity index (χ1n) is 12.0. The van der Waals surface area contributed by atoms with Gasteiger partial charge in [-0.05, 0) is 61.9 Å². The van der Waals surface area contributed by atoms with Gasteiger partial charge in [-0.3, -0.25) is 14.0 Å². The van der Waals surface area contributed by atoms with Crippen LogP contribution in [0.2, 0.25) is 0 Å². The maximum atomic E-state index is 15.1. The lowest BCUT2D eigenvalue weighted by Gasteiger charge is -2.21. The maximum absolute atomic E-state index is 15.1. The fraction of sp³-hybridized carbons (Fsp3) is 0.179. The van der Waals surface area contributed by atoms with E-state index >= 15 is 4.39 Å². The van der Waals surface area contributed by atoms with Crippen molar-refractivity contribution in [3.8, 4) is 23.1 Å². The number of nitrogen functional groups attached to an aromatic ring is 1. The second-order valence-corrected chi connectivity index (χ2v) is 8.73. The number of nitrogens with two attached hydrogens (primary N) is 1. The quantitative estimate of drug-likeness (QED) is 0.351. The number of hydrogen-bond acceptors (Lipinski definition) is 6. The summed E-state index contributed by atoms with van der Waals surface area (Å²) in [5.74, 6) is 4.74. The van der Waals surface area contributed by atoms with Crippen LogP contribution in [0.4, 0.5) is 16.0 Å². The fourth-order valence-corrected chi connectivity index (χ4v) is 4.46. The smallest absolute Gasteiger partial charge is 0.296 e. The molecule has 0 radical (unpaired) electrons. The Bertz CT molecular complexity index is 1630. The monoisotopic (exact) mass is 509 g/mol. The van der Waals surface area contributed by atoms with Gasteiger partial charge in [0.05, 0.1) is 5.56 Å². The van der Waals surface area contributed by atoms with Crippen LogP contribution in [0.3, 0.4) is 0 Å². The third-order valence-corrected chi connectivity index (χ3v) is 6.25. The highest BCUT2D eigenvalue weighted by molar-refractivity contribution is 6.04. The molecule has 10 heteroatoms. The maximum Gasteiger partial charge on any atom is 0.296 e. The number of amides is 2. The first kappa shape index (κ1) is 24.6. The molecule has 0 spiro atoms. The molecule has 1 aliphatic carbocycles. The van der Waals surface area contributed by atoms with Crippen molar-refractivity contribution in [1.29, 1.82) is 0 Å². The molecule has 1 unspecified atom stereocenters. The lowest BCUT2D eigenvalue weighted by molar-refractivity contribution is -0.116. The van der Waals surface area contributed by atoms with Gasteiger partial charge >= 0.3 is 0 Å². The zero-order valence-electron chi connectivity index (χ0n) is 20.5. The zero-order chi connectivity index (χ0) is 26.6. The molecule has 5 rings (SSSR count). The minimum Gasteiger partial charge on any atom is -0.382 e. The number of imidazole rings is 1. The van der Waals surface area contributed by atoms with Crippen LogP contribution < -0.4 is 16.4 Å². The van der Waals surface area contributed by atoms with E-state index in [1.54, 1.807) is 43.6 Å². The summed E-state index contributed by atoms with van der Waals surface area (Å²) in [6.45, 7) is 1.62. The van der Waals surface area contributed by atoms with Gasteiger partial charge in [0.1, 0.15) is 34.5 Å². The molecular formula is C28H24FN7O2. The van der Waals surface area contributed by atoms with Crippen molar-refractivity contribution in [3.63, 3.8) is 0 Å². The van der Waals surface area contributed by atoms with E-state index in [1.807, 2.05) is 10.5 Å². The number of carbonyl (C=O) groups is 2. The summed E-state index contributed by atoms with van der Waals surface area (Å²) in [5.41, 5.74) is 8.55. The van der Waals surface area contributed by atoms with Gasteiger partial charge in [-0.15, -0.1) is 0 Å². The van der Waals surface area contributed by atoms with Gasteiger partial charge in [0.2, 0.25) is 0 Å². The summed E-state index contributed by atoms with van der Waals surface area (Å²) in [6.07, 6.45) is 8.94. The molecule has 0 aliphatic heterocycles. The molecular weight excluding hydrogens is 485 g/mol. The van der Waals surface area contributed by atoms with Crippen LogP contribution in [0.5, 0.6) is 0 Å². The Labute approximate surface area is 218 Å². The highest BCUT2D eigenvalue weighted by Crippen LogP contribution is 2.34. The van der Waals surface area contributed by atoms with Crippen LogP contribution >= 0.6 is 0 Å². The molecule has 0 saturated heterocycles. The molecule has 0 fully saturated rings. The molecule has 1 aliphatic rings. The Morgan fingerprint density at radius 3 is 2.76 bits per heavy atom. The SMILES string of the molecule is CC#CC(=O)NC1CC=C(c2nc(-c3ccc(C(=O)Nc4ccccn4)c(F)c3)c3c(N)nccn23)CC1. The van der Waals surface area contributed by atoms with Crippen LogP contribution in [0, 0.1) is 17.7 Å². The number of aromatic nitrogens is 4. The van der Waals surface area contributed by atoms with E-state index in [4.69, 9.17) is 10.7 Å². The number of nitrogens with one attached hydrogen (secondary N) is 2. The molecule has 3 aromatic heterocycles. The summed E-state index contributed by atoms with van der Waals surface area (Å²) in [6, 6.07) is 9.36. The van der Waals surface area contributed by atoms with Crippen molar-refractivity contribution in [1.82, 2.24) is 24.7 Å². The number of allylic oxidation sites excluding steroid dienone is 1. The molecule has 1 aromatic carbocycles. The predicted octanol–water partition coefficient (Wildman–Crippen LogP) is 3.84. The van der Waals surface area contributed by atoms with Crippen molar-refractivity contribution in [3.05, 3.63) is 78.3 Å². The van der Waals surface area contributed by atoms with E-state index in [0.29, 0.717) is 41.3 Å². The van der Waals surface area contributed by atoms with Gasteiger partial charge in [0.15, 0.2) is 0 Å². The Balaban J connectivity index is 1.46. The summed E-state index contributed by atoms with van der Waals surface area (Å²) in [7, 11) is 0. The van der Waals surface area contributed by atoms with Crippen molar-refractivity contribution < 1.29 is 14.0 Å². The van der Waals surface area contributed by atoms with E-state index in [1.165, 1.54) is 18.3 Å². The number of fused-ring (bicyclic) bond motifs is 1. The number of benzene rings is 1. The Morgan fingerprint density at radius 1 is 1.18 bits per heavy atom. The van der Waals surface area contributed by atoms with E-state index < -0.39 is 11.7 Å². The summed E-state index contributed by atoms with van der Waals surface area (Å²) in [4.78, 5) is 37.5. The van der Waals surface area contributed by atoms with Crippen LogP contribution in [0.1, 0.15) is 42.4 Å². The molecule has 4 N–H and O–H groups in total. The van der Waals surface area contributed by atoms with Crippen LogP contribution in [-0.4, -0.2) is 37.2 Å². The zero-order valence-corrected chi connectivity index (χ0v) is 20.5. The molecule has 190 valence electrons. The van der Waals surface area contributed by atoms with Gasteiger partial charge in [-0.2, -0.15) is 0 Å². The highest BCUT2D eigenvalue weighted by atomic mass is 19.1. The molecule has 0 bridgehead atoms. The second-order valence-electron chi connectivity index (χ2n) is 8.73. The largest absolute Gasteiger partial charge is 0.382 e. The third-order valence-electron chi connectivity index (χ3n) is 6.25. The van der Waals surface area contributed by atoms with E-state index in [9.17, 15) is 9.59 Å². The van der Waals surface area contributed by atoms with Crippen molar-refractivity contribution in [2.75, 3.05) is 11.1 Å². The van der Waals surface area contributed by atoms with Crippen molar-refractivity contribution in [2.24, 2.45) is 0 Å². The number of pyridine rings is 1. The van der Waals surface area contributed by atoms with Crippen LogP contribution in [0.25, 0.3) is 22.3 Å². The first-order chi connectivity index (χ1) is 18.4. The van der Waals surface area contributed by atoms with E-state index in [-0.39, 0.29) is 23.3 Å². The molecule has 38 heavy (non-hydrogen) atoms. The number of hydrogen-bond donors (Lipinski definition) is 3. The minimum absolute atomic E-state index is 0.0107. The predicted molar refractivity (Wildman–Crippen MR) is 142 cm³/mol. The van der Waals surface area contributed by atoms with Crippen molar-refractivity contribution in [2.45, 2.75) is 32.2 Å². The van der Waals surface area contributed by atoms with Gasteiger partial charge in [0, 0.05) is 30.2 Å². The standard InChI is InChI=1S/C28H24FN7O2/c1-2-5-23(37)33-19-10-7-17(8-11-19)27-35-24(25-26(30)32-14-15-36(25)27)18-9-12-20(21(29)16-18)28(38)34-22-6-3-4-13-31-22/h3-4,6-7,9,12-16,19H,8,10-11H2,1H3,(H2,30,32)(H,33,37)(H,31,34,38). The molecule has 4 aromatic rings. The van der Waals surface area contributed by atoms with Crippen LogP contribution in [0.15, 0.2) is 61.1 Å². The van der Waals surface area contributed by atoms with Gasteiger partial charge in [0.25, 0.3) is 11.8 Å². The summed E-state index contributed by atoms with van der Waals surface area (Å²) < 4.78 is 17.0. The minimum atomic E-state index is -0.702. The fourth-order valence-electron chi connectivity index (χ4n) is 4.46. The normalized spacial score (nSPS) is 14.8. The molecule has 0 saturated carbocycles. The van der Waals surface area contributed by atoms with Crippen LogP contribution in [-0.2, 0) is 4.79 Å². The lowest BCUT2D eigenvalue weighted by Crippen LogP contribution is -2.34. The third kappa shape index (κ3) is 4.95. The number of anilines is 2. The molecule has 1 atom stereocenters. The average Bonchev–Trinajstić information content (AvgIpc) is 3.31. The average molecular weight is 510 g/mol. The Hall–Kier alpha value is -5.04. The molecule has 9 nitrogen and oxygen atoms in total. The number of nitrogens with zero attached hydrogens (tertiary/aromatic N) is 4. The lowest BCUT2D eigenvalue weighted by atomic mass is 9.94. The Morgan fingerprint density at radius 2 is 2.05 bits per heavy atom. The molecule has 2 amide bonds. The highest BCUT2D eigenvalue weighted by Gasteiger charge is 2.23. The van der Waals surface area contributed by atoms with E-state index in [2.05, 4.69) is 32.4 Å². The number of halogens is 1. The molecule has 3 heterocycles. The van der Waals surface area contributed by atoms with Crippen molar-refractivity contribution >= 4 is 34.5 Å².